The molecule has 0 unspecified atom stereocenters. The van der Waals surface area contributed by atoms with Crippen LogP contribution < -0.4 is 10.2 Å². The molecule has 0 amide bonds. The number of rotatable bonds is 13. The van der Waals surface area contributed by atoms with Gasteiger partial charge in [0.05, 0.1) is 23.7 Å². The summed E-state index contributed by atoms with van der Waals surface area (Å²) in [5.41, 5.74) is 15.9. The lowest BCUT2D eigenvalue weighted by Gasteiger charge is -2.37. The molecule has 2 aliphatic rings. The Morgan fingerprint density at radius 2 is 1.22 bits per heavy atom. The number of aromatic nitrogens is 1. The summed E-state index contributed by atoms with van der Waals surface area (Å²) >= 11 is 0. The van der Waals surface area contributed by atoms with E-state index in [4.69, 9.17) is 4.74 Å². The number of unbranched alkanes of at least 4 members (excludes halogenated alkanes) is 3. The van der Waals surface area contributed by atoms with Gasteiger partial charge < -0.3 is 14.6 Å². The number of anilines is 3. The van der Waals surface area contributed by atoms with Gasteiger partial charge in [-0.1, -0.05) is 120 Å². The second kappa shape index (κ2) is 15.1. The molecule has 7 rings (SSSR count). The van der Waals surface area contributed by atoms with Crippen LogP contribution in [0.5, 0.6) is 0 Å². The molecule has 51 heavy (non-hydrogen) atoms. The first-order chi connectivity index (χ1) is 24.8. The summed E-state index contributed by atoms with van der Waals surface area (Å²) in [6, 6.07) is 36.0. The summed E-state index contributed by atoms with van der Waals surface area (Å²) in [6.07, 6.45) is 6.87. The van der Waals surface area contributed by atoms with E-state index in [2.05, 4.69) is 140 Å². The van der Waals surface area contributed by atoms with E-state index in [1.165, 1.54) is 69.0 Å². The SMILES string of the molecule is CCOC(=O)CCCCCCn1c(C2CC2)c(-c2ccc(C)cc2)c2c1N(c1ccc(C)cc1)C(c1ccc(C)cc1)=C(c1ccc(C)cc1)N2. The van der Waals surface area contributed by atoms with Gasteiger partial charge in [0.1, 0.15) is 5.82 Å². The average Bonchev–Trinajstić information content (AvgIpc) is 3.92. The minimum absolute atomic E-state index is 0.0876. The Morgan fingerprint density at radius 3 is 1.78 bits per heavy atom. The Morgan fingerprint density at radius 1 is 0.686 bits per heavy atom. The zero-order valence-electron chi connectivity index (χ0n) is 30.9. The largest absolute Gasteiger partial charge is 0.466 e. The van der Waals surface area contributed by atoms with Crippen LogP contribution in [0.25, 0.3) is 22.5 Å². The molecule has 1 aliphatic heterocycles. The van der Waals surface area contributed by atoms with Gasteiger partial charge in [-0.05, 0) is 78.0 Å². The maximum absolute atomic E-state index is 12.0. The van der Waals surface area contributed by atoms with E-state index in [-0.39, 0.29) is 5.97 Å². The third kappa shape index (κ3) is 7.39. The van der Waals surface area contributed by atoms with Gasteiger partial charge in [0, 0.05) is 47.0 Å². The molecule has 0 saturated heterocycles. The quantitative estimate of drug-likeness (QED) is 0.0995. The lowest BCUT2D eigenvalue weighted by atomic mass is 9.96. The van der Waals surface area contributed by atoms with Crippen LogP contribution in [-0.2, 0) is 16.1 Å². The van der Waals surface area contributed by atoms with Crippen LogP contribution in [-0.4, -0.2) is 17.1 Å². The van der Waals surface area contributed by atoms with Crippen LogP contribution in [0.1, 0.15) is 96.9 Å². The first-order valence-electron chi connectivity index (χ1n) is 18.8. The maximum atomic E-state index is 12.0. The zero-order chi connectivity index (χ0) is 35.5. The highest BCUT2D eigenvalue weighted by Gasteiger charge is 2.40. The van der Waals surface area contributed by atoms with Gasteiger partial charge >= 0.3 is 5.97 Å². The van der Waals surface area contributed by atoms with Crippen LogP contribution in [0.15, 0.2) is 97.1 Å². The van der Waals surface area contributed by atoms with Crippen molar-refractivity contribution < 1.29 is 9.53 Å². The van der Waals surface area contributed by atoms with Crippen molar-refractivity contribution in [2.75, 3.05) is 16.8 Å². The lowest BCUT2D eigenvalue weighted by Crippen LogP contribution is -2.27. The second-order valence-electron chi connectivity index (χ2n) is 14.5. The van der Waals surface area contributed by atoms with Crippen molar-refractivity contribution >= 4 is 34.6 Å². The third-order valence-corrected chi connectivity index (χ3v) is 10.3. The number of hydrogen-bond donors (Lipinski definition) is 1. The van der Waals surface area contributed by atoms with Crippen molar-refractivity contribution in [3.8, 4) is 11.1 Å². The van der Waals surface area contributed by atoms with Gasteiger partial charge in [0.25, 0.3) is 0 Å². The Balaban J connectivity index is 1.43. The highest BCUT2D eigenvalue weighted by Crippen LogP contribution is 2.57. The van der Waals surface area contributed by atoms with Gasteiger partial charge in [0.2, 0.25) is 0 Å². The van der Waals surface area contributed by atoms with E-state index in [1.54, 1.807) is 0 Å². The van der Waals surface area contributed by atoms with E-state index < -0.39 is 0 Å². The maximum Gasteiger partial charge on any atom is 0.305 e. The number of benzene rings is 4. The normalized spacial score (nSPS) is 14.0. The first-order valence-corrected chi connectivity index (χ1v) is 18.8. The monoisotopic (exact) mass is 677 g/mol. The summed E-state index contributed by atoms with van der Waals surface area (Å²) in [6.45, 7) is 11.9. The van der Waals surface area contributed by atoms with Gasteiger partial charge in [-0.2, -0.15) is 0 Å². The van der Waals surface area contributed by atoms with E-state index in [0.717, 1.165) is 54.9 Å². The molecule has 1 aromatic heterocycles. The van der Waals surface area contributed by atoms with Crippen LogP contribution in [0.3, 0.4) is 0 Å². The molecule has 0 bridgehead atoms. The molecule has 0 atom stereocenters. The molecule has 4 aromatic carbocycles. The van der Waals surface area contributed by atoms with E-state index >= 15 is 0 Å². The summed E-state index contributed by atoms with van der Waals surface area (Å²) in [7, 11) is 0. The topological polar surface area (TPSA) is 46.5 Å². The lowest BCUT2D eigenvalue weighted by molar-refractivity contribution is -0.143. The van der Waals surface area contributed by atoms with Crippen molar-refractivity contribution in [2.45, 2.75) is 92.0 Å². The number of nitrogens with zero attached hydrogens (tertiary/aromatic N) is 2. The number of ether oxygens (including phenoxy) is 1. The van der Waals surface area contributed by atoms with E-state index in [9.17, 15) is 4.79 Å². The van der Waals surface area contributed by atoms with Gasteiger partial charge in [-0.3, -0.25) is 9.69 Å². The van der Waals surface area contributed by atoms with Crippen LogP contribution in [0, 0.1) is 27.7 Å². The molecule has 1 saturated carbocycles. The fourth-order valence-corrected chi connectivity index (χ4v) is 7.38. The summed E-state index contributed by atoms with van der Waals surface area (Å²) < 4.78 is 7.84. The van der Waals surface area contributed by atoms with Crippen LogP contribution in [0.2, 0.25) is 0 Å². The molecular formula is C46H51N3O2. The van der Waals surface area contributed by atoms with Crippen molar-refractivity contribution in [3.05, 3.63) is 136 Å². The summed E-state index contributed by atoms with van der Waals surface area (Å²) in [5, 5.41) is 4.13. The highest BCUT2D eigenvalue weighted by atomic mass is 16.5. The van der Waals surface area contributed by atoms with Gasteiger partial charge in [0.15, 0.2) is 0 Å². The number of esters is 1. The molecule has 5 heteroatoms. The summed E-state index contributed by atoms with van der Waals surface area (Å²) in [5.74, 6) is 1.63. The second-order valence-corrected chi connectivity index (χ2v) is 14.5. The molecule has 1 aliphatic carbocycles. The predicted octanol–water partition coefficient (Wildman–Crippen LogP) is 11.9. The number of fused-ring (bicyclic) bond motifs is 1. The van der Waals surface area contributed by atoms with Gasteiger partial charge in [-0.15, -0.1) is 0 Å². The standard InChI is InChI=1S/C46H51N3O2/c1-6-51-40(50)11-9-7-8-10-30-48-44(37-26-27-37)41(35-20-12-31(2)13-21-35)43-46(48)49(39-28-18-34(5)19-29-39)45(38-24-16-33(4)17-25-38)42(47-43)36-22-14-32(3)15-23-36/h12-25,28-29,37,47H,6-11,26-27,30H2,1-5H3. The molecular weight excluding hydrogens is 627 g/mol. The number of hydrogen-bond acceptors (Lipinski definition) is 4. The van der Waals surface area contributed by atoms with Crippen molar-refractivity contribution in [1.29, 1.82) is 0 Å². The third-order valence-electron chi connectivity index (χ3n) is 10.3. The van der Waals surface area contributed by atoms with Crippen LogP contribution in [0.4, 0.5) is 17.2 Å². The Kier molecular flexibility index (Phi) is 10.2. The molecule has 5 aromatic rings. The average molecular weight is 678 g/mol. The summed E-state index contributed by atoms with van der Waals surface area (Å²) in [4.78, 5) is 14.5. The van der Waals surface area contributed by atoms with E-state index in [0.29, 0.717) is 18.9 Å². The van der Waals surface area contributed by atoms with Crippen molar-refractivity contribution in [3.63, 3.8) is 0 Å². The molecule has 1 N–H and O–H groups in total. The molecule has 2 heterocycles. The zero-order valence-corrected chi connectivity index (χ0v) is 30.9. The molecule has 0 radical (unpaired) electrons. The fraction of sp³-hybridized carbons (Fsp3) is 0.326. The fourth-order valence-electron chi connectivity index (χ4n) is 7.38. The smallest absolute Gasteiger partial charge is 0.305 e. The Hall–Kier alpha value is -5.03. The minimum Gasteiger partial charge on any atom is -0.466 e. The Labute approximate surface area is 304 Å². The predicted molar refractivity (Wildman–Crippen MR) is 212 cm³/mol. The molecule has 0 spiro atoms. The number of carbonyl (C=O) groups excluding carboxylic acids is 1. The van der Waals surface area contributed by atoms with Crippen LogP contribution >= 0.6 is 0 Å². The highest BCUT2D eigenvalue weighted by molar-refractivity contribution is 6.13. The number of carbonyl (C=O) groups is 1. The molecule has 5 nitrogen and oxygen atoms in total. The molecule has 1 fully saturated rings. The van der Waals surface area contributed by atoms with Crippen molar-refractivity contribution in [2.24, 2.45) is 0 Å². The number of nitrogens with one attached hydrogen (secondary N) is 1. The first kappa shape index (κ1) is 34.4. The number of aryl methyl sites for hydroxylation is 4. The Bertz CT molecular complexity index is 2010. The van der Waals surface area contributed by atoms with Crippen molar-refractivity contribution in [1.82, 2.24) is 4.57 Å². The minimum atomic E-state index is -0.0876. The van der Waals surface area contributed by atoms with Gasteiger partial charge in [-0.25, -0.2) is 0 Å². The molecule has 262 valence electrons. The van der Waals surface area contributed by atoms with E-state index in [1.807, 2.05) is 6.92 Å².